The number of hydrogen-bond donors (Lipinski definition) is 3. The van der Waals surface area contributed by atoms with Gasteiger partial charge < -0.3 is 20.2 Å². The molecule has 6 nitrogen and oxygen atoms in total. The smallest absolute Gasteiger partial charge is 0.209 e. The number of hydrogen-bond acceptors (Lipinski definition) is 5. The van der Waals surface area contributed by atoms with E-state index in [1.807, 2.05) is 12.1 Å². The second kappa shape index (κ2) is 18.0. The minimum absolute atomic E-state index is 0.0589. The molecule has 0 aromatic heterocycles. The molecule has 0 spiro atoms. The lowest BCUT2D eigenvalue weighted by Crippen LogP contribution is -2.27. The lowest BCUT2D eigenvalue weighted by Gasteiger charge is -2.31. The van der Waals surface area contributed by atoms with Crippen LogP contribution >= 0.6 is 0 Å². The van der Waals surface area contributed by atoms with Crippen LogP contribution in [0.4, 0.5) is 17.1 Å². The molecule has 2 atom stereocenters. The molecular formula is C48H61N2O4+. The van der Waals surface area contributed by atoms with Crippen LogP contribution in [0.5, 0.6) is 5.75 Å². The van der Waals surface area contributed by atoms with E-state index in [0.29, 0.717) is 11.8 Å². The zero-order valence-electron chi connectivity index (χ0n) is 33.8. The van der Waals surface area contributed by atoms with Crippen molar-refractivity contribution >= 4 is 34.1 Å². The zero-order valence-corrected chi connectivity index (χ0v) is 33.8. The molecule has 3 aromatic carbocycles. The van der Waals surface area contributed by atoms with E-state index in [-0.39, 0.29) is 39.6 Å². The number of carbonyl (C=O) groups excluding carboxylic acids is 1. The van der Waals surface area contributed by atoms with Gasteiger partial charge in [0.15, 0.2) is 6.54 Å². The molecule has 3 N–H and O–H groups in total. The first-order valence-electron chi connectivity index (χ1n) is 20.1. The standard InChI is InChI=1S/C48H60N2O4/c1-9-13-15-35(11-3)29-49(41-23-17-31(5)25-33(41)7)37-19-21-39(43(51)27-37)45-47(53)46(48(45)54)40-22-20-38(28-44(40)52)50(30-36(12-4)16-14-10-2)42-24-18-32(6)26-34(42)8/h17-28,35-36H,9-16,29-30H2,1-8H3,(H2,51,52,53,54)/p+1. The lowest BCUT2D eigenvalue weighted by molar-refractivity contribution is -0.449. The summed E-state index contributed by atoms with van der Waals surface area (Å²) in [4.78, 5) is 16.1. The maximum Gasteiger partial charge on any atom is 0.209 e. The maximum absolute atomic E-state index is 13.8. The van der Waals surface area contributed by atoms with Gasteiger partial charge in [-0.05, 0) is 88.8 Å². The van der Waals surface area contributed by atoms with E-state index in [4.69, 9.17) is 0 Å². The number of aromatic hydroxyl groups is 1. The molecule has 2 unspecified atom stereocenters. The second-order valence-corrected chi connectivity index (χ2v) is 15.5. The molecule has 6 heteroatoms. The molecule has 0 saturated heterocycles. The van der Waals surface area contributed by atoms with Crippen LogP contribution in [0.15, 0.2) is 95.5 Å². The minimum atomic E-state index is -0.410. The van der Waals surface area contributed by atoms with E-state index in [2.05, 4.69) is 101 Å². The molecule has 0 heterocycles. The van der Waals surface area contributed by atoms with Crippen molar-refractivity contribution in [3.63, 3.8) is 0 Å². The molecule has 2 aliphatic carbocycles. The van der Waals surface area contributed by atoms with Gasteiger partial charge in [0.2, 0.25) is 17.2 Å². The highest BCUT2D eigenvalue weighted by atomic mass is 16.3. The number of Topliss-reactive ketones (excluding diaryl/α,β-unsaturated/α-hetero) is 1. The fourth-order valence-corrected chi connectivity index (χ4v) is 7.95. The van der Waals surface area contributed by atoms with Crippen LogP contribution < -0.4 is 4.90 Å². The van der Waals surface area contributed by atoms with Crippen molar-refractivity contribution in [2.75, 3.05) is 18.0 Å². The summed E-state index contributed by atoms with van der Waals surface area (Å²) in [6, 6.07) is 18.2. The first kappa shape index (κ1) is 40.3. The molecule has 0 amide bonds. The van der Waals surface area contributed by atoms with Crippen LogP contribution in [-0.4, -0.2) is 44.5 Å². The van der Waals surface area contributed by atoms with Gasteiger partial charge in [-0.25, -0.2) is 0 Å². The van der Waals surface area contributed by atoms with E-state index in [0.717, 1.165) is 85.5 Å². The van der Waals surface area contributed by atoms with E-state index >= 15 is 0 Å². The van der Waals surface area contributed by atoms with Crippen LogP contribution in [-0.2, 0) is 4.79 Å². The Morgan fingerprint density at radius 2 is 1.37 bits per heavy atom. The number of aliphatic hydroxyl groups excluding tert-OH is 2. The van der Waals surface area contributed by atoms with Gasteiger partial charge in [-0.3, -0.25) is 4.79 Å². The van der Waals surface area contributed by atoms with Crippen molar-refractivity contribution in [2.45, 2.75) is 107 Å². The summed E-state index contributed by atoms with van der Waals surface area (Å²) in [6.45, 7) is 18.9. The topological polar surface area (TPSA) is 84.0 Å². The Hall–Kier alpha value is -4.84. The number of benzene rings is 3. The average molecular weight is 730 g/mol. The highest BCUT2D eigenvalue weighted by Gasteiger charge is 2.40. The van der Waals surface area contributed by atoms with Crippen LogP contribution in [0.1, 0.15) is 107 Å². The van der Waals surface area contributed by atoms with Crippen LogP contribution in [0, 0.1) is 39.5 Å². The Balaban J connectivity index is 1.50. The zero-order chi connectivity index (χ0) is 39.1. The number of aliphatic hydroxyl groups is 2. The van der Waals surface area contributed by atoms with Crippen LogP contribution in [0.3, 0.4) is 0 Å². The number of anilines is 2. The number of aryl methyl sites for hydroxylation is 4. The number of phenols is 1. The van der Waals surface area contributed by atoms with Gasteiger partial charge in [-0.15, -0.1) is 0 Å². The molecule has 2 aliphatic rings. The predicted molar refractivity (Wildman–Crippen MR) is 225 cm³/mol. The van der Waals surface area contributed by atoms with Crippen molar-refractivity contribution < 1.29 is 24.7 Å². The second-order valence-electron chi connectivity index (χ2n) is 15.5. The molecule has 0 bridgehead atoms. The molecule has 5 rings (SSSR count). The fraction of sp³-hybridized carbons (Fsp3) is 0.417. The maximum atomic E-state index is 13.8. The molecule has 286 valence electrons. The third-order valence-corrected chi connectivity index (χ3v) is 11.3. The van der Waals surface area contributed by atoms with Gasteiger partial charge in [0.25, 0.3) is 0 Å². The summed E-state index contributed by atoms with van der Waals surface area (Å²) < 4.78 is 2.27. The number of ketones is 1. The van der Waals surface area contributed by atoms with E-state index in [1.54, 1.807) is 24.3 Å². The summed E-state index contributed by atoms with van der Waals surface area (Å²) in [5.41, 5.74) is 9.19. The number of carbonyl (C=O) groups is 1. The number of phenolic OH excluding ortho intramolecular Hbond substituents is 1. The summed E-state index contributed by atoms with van der Waals surface area (Å²) in [5, 5.41) is 34.2. The Morgan fingerprint density at radius 1 is 0.722 bits per heavy atom. The predicted octanol–water partition coefficient (Wildman–Crippen LogP) is 12.1. The Bertz CT molecular complexity index is 2030. The molecule has 0 fully saturated rings. The van der Waals surface area contributed by atoms with E-state index < -0.39 is 5.78 Å². The number of nitrogens with zero attached hydrogens (tertiary/aromatic N) is 2. The quantitative estimate of drug-likeness (QED) is 0.101. The van der Waals surface area contributed by atoms with Gasteiger partial charge >= 0.3 is 0 Å². The third kappa shape index (κ3) is 8.75. The van der Waals surface area contributed by atoms with Gasteiger partial charge in [-0.1, -0.05) is 89.1 Å². The Labute approximate surface area is 323 Å². The van der Waals surface area contributed by atoms with Crippen molar-refractivity contribution in [1.82, 2.24) is 0 Å². The number of rotatable bonds is 16. The monoisotopic (exact) mass is 729 g/mol. The Kier molecular flexibility index (Phi) is 13.4. The largest absolute Gasteiger partial charge is 0.507 e. The number of allylic oxidation sites excluding steroid dienone is 5. The number of unbranched alkanes of at least 4 members (excludes halogenated alkanes) is 2. The third-order valence-electron chi connectivity index (χ3n) is 11.3. The van der Waals surface area contributed by atoms with Crippen molar-refractivity contribution in [2.24, 2.45) is 11.8 Å². The van der Waals surface area contributed by atoms with Crippen molar-refractivity contribution in [3.8, 4) is 5.75 Å². The van der Waals surface area contributed by atoms with Gasteiger partial charge in [0.1, 0.15) is 17.3 Å². The fourth-order valence-electron chi connectivity index (χ4n) is 7.95. The molecule has 3 aromatic rings. The highest BCUT2D eigenvalue weighted by Crippen LogP contribution is 2.44. The van der Waals surface area contributed by atoms with Gasteiger partial charge in [0.05, 0.1) is 17.2 Å². The SMILES string of the molecule is CCCCC(CC)CN(c1ccc(C2=C(O)/C(=C3C=C/C(=[N+](\CC(CC)CCCC)c4ccc(C)cc4C)C=C\3O)C2=O)c(O)c1)c1ccc(C)cc1C. The van der Waals surface area contributed by atoms with Gasteiger partial charge in [0, 0.05) is 58.7 Å². The van der Waals surface area contributed by atoms with Crippen LogP contribution in [0.2, 0.25) is 0 Å². The molecule has 0 radical (unpaired) electrons. The van der Waals surface area contributed by atoms with Gasteiger partial charge in [-0.2, -0.15) is 4.58 Å². The highest BCUT2D eigenvalue weighted by molar-refractivity contribution is 6.40. The molecule has 0 aliphatic heterocycles. The van der Waals surface area contributed by atoms with E-state index in [9.17, 15) is 20.1 Å². The average Bonchev–Trinajstić information content (AvgIpc) is 3.14. The molecule has 54 heavy (non-hydrogen) atoms. The molecular weight excluding hydrogens is 669 g/mol. The Morgan fingerprint density at radius 3 is 1.94 bits per heavy atom. The van der Waals surface area contributed by atoms with Crippen molar-refractivity contribution in [3.05, 3.63) is 123 Å². The lowest BCUT2D eigenvalue weighted by atomic mass is 9.79. The van der Waals surface area contributed by atoms with Crippen LogP contribution in [0.25, 0.3) is 5.57 Å². The minimum Gasteiger partial charge on any atom is -0.507 e. The van der Waals surface area contributed by atoms with Crippen molar-refractivity contribution in [1.29, 1.82) is 0 Å². The normalized spacial score (nSPS) is 17.7. The summed E-state index contributed by atoms with van der Waals surface area (Å²) in [5.74, 6) is 0.175. The first-order valence-corrected chi connectivity index (χ1v) is 20.1. The summed E-state index contributed by atoms with van der Waals surface area (Å²) >= 11 is 0. The summed E-state index contributed by atoms with van der Waals surface area (Å²) in [7, 11) is 0. The summed E-state index contributed by atoms with van der Waals surface area (Å²) in [6.07, 6.45) is 14.3. The molecule has 0 saturated carbocycles. The van der Waals surface area contributed by atoms with E-state index in [1.165, 1.54) is 24.0 Å². The first-order chi connectivity index (χ1) is 25.9.